The summed E-state index contributed by atoms with van der Waals surface area (Å²) in [5.41, 5.74) is 1.80. The predicted molar refractivity (Wildman–Crippen MR) is 129 cm³/mol. The van der Waals surface area contributed by atoms with Crippen LogP contribution in [0.25, 0.3) is 6.08 Å². The number of esters is 1. The second kappa shape index (κ2) is 9.36. The zero-order chi connectivity index (χ0) is 23.7. The maximum absolute atomic E-state index is 13.6. The highest BCUT2D eigenvalue weighted by Gasteiger charge is 2.33. The molecule has 2 aromatic carbocycles. The number of benzene rings is 2. The number of rotatable bonds is 5. The molecule has 33 heavy (non-hydrogen) atoms. The van der Waals surface area contributed by atoms with Crippen LogP contribution >= 0.6 is 27.3 Å². The molecular weight excluding hydrogens is 508 g/mol. The summed E-state index contributed by atoms with van der Waals surface area (Å²) in [4.78, 5) is 31.5. The summed E-state index contributed by atoms with van der Waals surface area (Å²) in [6, 6.07) is 12.0. The molecule has 9 heteroatoms. The normalized spacial score (nSPS) is 15.8. The molecule has 170 valence electrons. The zero-order valence-corrected chi connectivity index (χ0v) is 20.6. The summed E-state index contributed by atoms with van der Waals surface area (Å²) in [7, 11) is 2.78. The first-order valence-corrected chi connectivity index (χ1v) is 11.7. The van der Waals surface area contributed by atoms with Crippen molar-refractivity contribution in [2.24, 2.45) is 4.99 Å². The van der Waals surface area contributed by atoms with E-state index < -0.39 is 12.0 Å². The Balaban J connectivity index is 2.01. The predicted octanol–water partition coefficient (Wildman–Crippen LogP) is 3.28. The first kappa shape index (κ1) is 23.0. The lowest BCUT2D eigenvalue weighted by Crippen LogP contribution is -2.40. The number of methoxy groups -OCH3 is 2. The Kier molecular flexibility index (Phi) is 6.53. The second-order valence-corrected chi connectivity index (χ2v) is 9.17. The van der Waals surface area contributed by atoms with Crippen molar-refractivity contribution in [2.75, 3.05) is 14.2 Å². The van der Waals surface area contributed by atoms with E-state index in [0.29, 0.717) is 37.1 Å². The minimum absolute atomic E-state index is 0.0735. The van der Waals surface area contributed by atoms with Gasteiger partial charge in [-0.05, 0) is 30.2 Å². The average molecular weight is 529 g/mol. The molecule has 0 saturated heterocycles. The molecule has 0 amide bonds. The molecule has 3 aromatic rings. The van der Waals surface area contributed by atoms with Crippen LogP contribution in [0.2, 0.25) is 0 Å². The number of hydrogen-bond acceptors (Lipinski definition) is 7. The molecule has 0 unspecified atom stereocenters. The average Bonchev–Trinajstić information content (AvgIpc) is 3.14. The van der Waals surface area contributed by atoms with Crippen LogP contribution in [0, 0.1) is 0 Å². The number of phenols is 1. The van der Waals surface area contributed by atoms with Crippen molar-refractivity contribution in [3.8, 4) is 11.5 Å². The zero-order valence-electron chi connectivity index (χ0n) is 18.2. The van der Waals surface area contributed by atoms with Crippen LogP contribution in [-0.2, 0) is 9.53 Å². The molecule has 0 aliphatic carbocycles. The summed E-state index contributed by atoms with van der Waals surface area (Å²) in [6.07, 6.45) is 2.10. The summed E-state index contributed by atoms with van der Waals surface area (Å²) >= 11 is 4.60. The Bertz CT molecular complexity index is 1440. The maximum atomic E-state index is 13.6. The third-order valence-corrected chi connectivity index (χ3v) is 6.78. The Morgan fingerprint density at radius 3 is 2.64 bits per heavy atom. The largest absolute Gasteiger partial charge is 0.504 e. The molecule has 1 aromatic heterocycles. The Morgan fingerprint density at radius 1 is 1.27 bits per heavy atom. The number of thiazole rings is 1. The van der Waals surface area contributed by atoms with Crippen molar-refractivity contribution in [3.63, 3.8) is 0 Å². The molecule has 0 fully saturated rings. The topological polar surface area (TPSA) is 90.1 Å². The highest BCUT2D eigenvalue weighted by Crippen LogP contribution is 2.34. The number of carbonyl (C=O) groups is 1. The van der Waals surface area contributed by atoms with Crippen LogP contribution in [0.15, 0.2) is 68.0 Å². The molecule has 4 rings (SSSR count). The quantitative estimate of drug-likeness (QED) is 0.513. The number of halogens is 1. The fourth-order valence-corrected chi connectivity index (χ4v) is 5.28. The number of fused-ring (bicyclic) bond motifs is 1. The molecule has 1 aliphatic heterocycles. The molecule has 1 aliphatic rings. The molecular formula is C24H21BrN2O5S. The lowest BCUT2D eigenvalue weighted by atomic mass is 9.95. The Morgan fingerprint density at radius 2 is 2.00 bits per heavy atom. The summed E-state index contributed by atoms with van der Waals surface area (Å²) in [5.74, 6) is -0.310. The monoisotopic (exact) mass is 528 g/mol. The number of phenolic OH excluding ortho intramolecular Hbond substituents is 1. The number of allylic oxidation sites excluding steroid dienone is 1. The van der Waals surface area contributed by atoms with Gasteiger partial charge >= 0.3 is 5.97 Å². The minimum Gasteiger partial charge on any atom is -0.504 e. The van der Waals surface area contributed by atoms with Gasteiger partial charge in [0.25, 0.3) is 5.56 Å². The van der Waals surface area contributed by atoms with E-state index in [4.69, 9.17) is 9.47 Å². The SMILES string of the molecule is CCC1=C(C(=O)OC)[C@@H](c2ccccc2)n2c(s/c(=C\c3cc(Br)cc(OC)c3O)c2=O)=N1. The lowest BCUT2D eigenvalue weighted by Gasteiger charge is -2.25. The highest BCUT2D eigenvalue weighted by atomic mass is 79.9. The number of aromatic hydroxyl groups is 1. The van der Waals surface area contributed by atoms with Crippen molar-refractivity contribution < 1.29 is 19.4 Å². The van der Waals surface area contributed by atoms with Crippen molar-refractivity contribution in [2.45, 2.75) is 19.4 Å². The van der Waals surface area contributed by atoms with Gasteiger partial charge in [0.05, 0.1) is 36.1 Å². The fourth-order valence-electron chi connectivity index (χ4n) is 3.82. The summed E-state index contributed by atoms with van der Waals surface area (Å²) in [5, 5.41) is 10.6. The van der Waals surface area contributed by atoms with Crippen LogP contribution < -0.4 is 19.6 Å². The van der Waals surface area contributed by atoms with Crippen molar-refractivity contribution in [3.05, 3.63) is 89.0 Å². The minimum atomic E-state index is -0.669. The molecule has 0 radical (unpaired) electrons. The van der Waals surface area contributed by atoms with Gasteiger partial charge in [0, 0.05) is 10.0 Å². The van der Waals surface area contributed by atoms with E-state index in [0.717, 1.165) is 5.56 Å². The standard InChI is InChI=1S/C24H21BrN2O5S/c1-4-16-19(23(30)32-3)20(13-8-6-5-7-9-13)27-22(29)18(33-24(27)26-16)11-14-10-15(25)12-17(31-2)21(14)28/h5-12,20,28H,4H2,1-3H3/b18-11-/t20-/m1/s1. The van der Waals surface area contributed by atoms with Gasteiger partial charge in [-0.25, -0.2) is 9.79 Å². The van der Waals surface area contributed by atoms with Gasteiger partial charge in [-0.3, -0.25) is 9.36 Å². The number of carbonyl (C=O) groups excluding carboxylic acids is 1. The lowest BCUT2D eigenvalue weighted by molar-refractivity contribution is -0.136. The van der Waals surface area contributed by atoms with Crippen LogP contribution in [0.3, 0.4) is 0 Å². The van der Waals surface area contributed by atoms with Crippen molar-refractivity contribution >= 4 is 39.3 Å². The number of aromatic nitrogens is 1. The van der Waals surface area contributed by atoms with E-state index >= 15 is 0 Å². The molecule has 0 spiro atoms. The maximum Gasteiger partial charge on any atom is 0.338 e. The van der Waals surface area contributed by atoms with E-state index in [1.165, 1.54) is 30.1 Å². The fraction of sp³-hybridized carbons (Fsp3) is 0.208. The van der Waals surface area contributed by atoms with Crippen LogP contribution in [0.5, 0.6) is 11.5 Å². The Labute approximate surface area is 202 Å². The van der Waals surface area contributed by atoms with Crippen LogP contribution in [0.1, 0.15) is 30.5 Å². The van der Waals surface area contributed by atoms with Gasteiger partial charge < -0.3 is 14.6 Å². The number of ether oxygens (including phenoxy) is 2. The van der Waals surface area contributed by atoms with E-state index in [1.54, 1.807) is 18.2 Å². The molecule has 2 heterocycles. The van der Waals surface area contributed by atoms with Gasteiger partial charge in [0.2, 0.25) is 0 Å². The summed E-state index contributed by atoms with van der Waals surface area (Å²) < 4.78 is 12.9. The van der Waals surface area contributed by atoms with E-state index in [2.05, 4.69) is 20.9 Å². The van der Waals surface area contributed by atoms with E-state index in [-0.39, 0.29) is 17.1 Å². The van der Waals surface area contributed by atoms with Gasteiger partial charge in [0.15, 0.2) is 16.3 Å². The van der Waals surface area contributed by atoms with Gasteiger partial charge in [0.1, 0.15) is 0 Å². The number of hydrogen-bond donors (Lipinski definition) is 1. The van der Waals surface area contributed by atoms with E-state index in [9.17, 15) is 14.7 Å². The van der Waals surface area contributed by atoms with Crippen LogP contribution in [0.4, 0.5) is 0 Å². The molecule has 1 N–H and O–H groups in total. The molecule has 0 bridgehead atoms. The van der Waals surface area contributed by atoms with Gasteiger partial charge in [-0.2, -0.15) is 0 Å². The van der Waals surface area contributed by atoms with Crippen molar-refractivity contribution in [1.29, 1.82) is 0 Å². The first-order chi connectivity index (χ1) is 15.9. The van der Waals surface area contributed by atoms with Gasteiger partial charge in [-0.15, -0.1) is 0 Å². The highest BCUT2D eigenvalue weighted by molar-refractivity contribution is 9.10. The number of nitrogens with zero attached hydrogens (tertiary/aromatic N) is 2. The molecule has 0 saturated carbocycles. The van der Waals surface area contributed by atoms with Crippen molar-refractivity contribution in [1.82, 2.24) is 4.57 Å². The summed E-state index contributed by atoms with van der Waals surface area (Å²) in [6.45, 7) is 1.91. The third kappa shape index (κ3) is 4.14. The Hall–Kier alpha value is -3.17. The van der Waals surface area contributed by atoms with E-state index in [1.807, 2.05) is 37.3 Å². The molecule has 1 atom stereocenters. The van der Waals surface area contributed by atoms with Crippen LogP contribution in [-0.4, -0.2) is 29.9 Å². The third-order valence-electron chi connectivity index (χ3n) is 5.34. The second-order valence-electron chi connectivity index (χ2n) is 7.24. The first-order valence-electron chi connectivity index (χ1n) is 10.1. The molecule has 7 nitrogen and oxygen atoms in total. The van der Waals surface area contributed by atoms with Gasteiger partial charge in [-0.1, -0.05) is 64.5 Å². The smallest absolute Gasteiger partial charge is 0.338 e.